The highest BCUT2D eigenvalue weighted by Crippen LogP contribution is 2.03. The van der Waals surface area contributed by atoms with E-state index in [0.717, 1.165) is 12.0 Å². The second-order valence-electron chi connectivity index (χ2n) is 3.77. The zero-order valence-electron chi connectivity index (χ0n) is 9.85. The number of hydrogen-bond acceptors (Lipinski definition) is 3. The van der Waals surface area contributed by atoms with Crippen LogP contribution in [0.2, 0.25) is 0 Å². The molecule has 1 heterocycles. The number of carbonyl (C=O) groups is 1. The lowest BCUT2D eigenvalue weighted by Gasteiger charge is -2.13. The van der Waals surface area contributed by atoms with Crippen LogP contribution in [-0.2, 0) is 11.2 Å². The highest BCUT2D eigenvalue weighted by atomic mass is 32.1. The van der Waals surface area contributed by atoms with Gasteiger partial charge in [-0.1, -0.05) is 25.2 Å². The van der Waals surface area contributed by atoms with Crippen LogP contribution in [-0.4, -0.2) is 22.4 Å². The molecule has 1 atom stereocenters. The first-order valence-corrected chi connectivity index (χ1v) is 6.02. The van der Waals surface area contributed by atoms with Gasteiger partial charge in [-0.15, -0.1) is 0 Å². The van der Waals surface area contributed by atoms with Crippen molar-refractivity contribution < 1.29 is 4.79 Å². The van der Waals surface area contributed by atoms with Crippen molar-refractivity contribution in [2.24, 2.45) is 11.7 Å². The van der Waals surface area contributed by atoms with Crippen molar-refractivity contribution in [3.8, 4) is 0 Å². The Hall–Kier alpha value is -1.49. The fourth-order valence-electron chi connectivity index (χ4n) is 1.52. The summed E-state index contributed by atoms with van der Waals surface area (Å²) in [5, 5.41) is 2.83. The second kappa shape index (κ2) is 6.96. The van der Waals surface area contributed by atoms with E-state index < -0.39 is 0 Å². The first-order valence-electron chi connectivity index (χ1n) is 5.61. The SMILES string of the molecule is CCC(C(=O)NCCc1cccnc1)C(N)=S. The van der Waals surface area contributed by atoms with Crippen LogP contribution >= 0.6 is 12.2 Å². The molecule has 0 spiro atoms. The number of nitrogens with zero attached hydrogens (tertiary/aromatic N) is 1. The highest BCUT2D eigenvalue weighted by Gasteiger charge is 2.18. The number of nitrogens with two attached hydrogens (primary N) is 1. The van der Waals surface area contributed by atoms with E-state index in [1.807, 2.05) is 19.1 Å². The van der Waals surface area contributed by atoms with E-state index >= 15 is 0 Å². The molecule has 0 fully saturated rings. The van der Waals surface area contributed by atoms with Crippen molar-refractivity contribution in [2.45, 2.75) is 19.8 Å². The Morgan fingerprint density at radius 1 is 1.65 bits per heavy atom. The first kappa shape index (κ1) is 13.6. The summed E-state index contributed by atoms with van der Waals surface area (Å²) in [6.07, 6.45) is 4.90. The molecule has 3 N–H and O–H groups in total. The summed E-state index contributed by atoms with van der Waals surface area (Å²) in [5.41, 5.74) is 6.59. The van der Waals surface area contributed by atoms with Gasteiger partial charge in [0.1, 0.15) is 0 Å². The van der Waals surface area contributed by atoms with Gasteiger partial charge in [0.05, 0.1) is 10.9 Å². The maximum absolute atomic E-state index is 11.7. The molecule has 1 amide bonds. The summed E-state index contributed by atoms with van der Waals surface area (Å²) < 4.78 is 0. The van der Waals surface area contributed by atoms with Crippen molar-refractivity contribution in [1.29, 1.82) is 0 Å². The summed E-state index contributed by atoms with van der Waals surface area (Å²) in [6, 6.07) is 3.85. The van der Waals surface area contributed by atoms with Gasteiger partial charge in [0, 0.05) is 18.9 Å². The third-order valence-corrected chi connectivity index (χ3v) is 2.79. The molecule has 0 aromatic carbocycles. The number of nitrogens with one attached hydrogen (secondary N) is 1. The Kier molecular flexibility index (Phi) is 5.56. The van der Waals surface area contributed by atoms with Gasteiger partial charge < -0.3 is 11.1 Å². The van der Waals surface area contributed by atoms with E-state index in [0.29, 0.717) is 13.0 Å². The van der Waals surface area contributed by atoms with Gasteiger partial charge in [-0.2, -0.15) is 0 Å². The highest BCUT2D eigenvalue weighted by molar-refractivity contribution is 7.80. The third kappa shape index (κ3) is 4.48. The van der Waals surface area contributed by atoms with E-state index in [1.54, 1.807) is 12.4 Å². The predicted octanol–water partition coefficient (Wildman–Crippen LogP) is 1.05. The number of pyridine rings is 1. The molecule has 0 aliphatic carbocycles. The van der Waals surface area contributed by atoms with Gasteiger partial charge >= 0.3 is 0 Å². The van der Waals surface area contributed by atoms with Gasteiger partial charge in [-0.25, -0.2) is 0 Å². The number of thiocarbonyl (C=S) groups is 1. The zero-order chi connectivity index (χ0) is 12.7. The number of carbonyl (C=O) groups excluding carboxylic acids is 1. The van der Waals surface area contributed by atoms with E-state index in [2.05, 4.69) is 10.3 Å². The van der Waals surface area contributed by atoms with E-state index in [-0.39, 0.29) is 16.8 Å². The van der Waals surface area contributed by atoms with Gasteiger partial charge in [-0.3, -0.25) is 9.78 Å². The molecule has 0 aliphatic heterocycles. The maximum Gasteiger partial charge on any atom is 0.229 e. The third-order valence-electron chi connectivity index (χ3n) is 2.50. The van der Waals surface area contributed by atoms with Gasteiger partial charge in [0.2, 0.25) is 5.91 Å². The zero-order valence-corrected chi connectivity index (χ0v) is 10.7. The Bertz CT molecular complexity index is 381. The molecular formula is C12H17N3OS. The molecular weight excluding hydrogens is 234 g/mol. The number of hydrogen-bond donors (Lipinski definition) is 2. The average molecular weight is 251 g/mol. The molecule has 1 aromatic rings. The molecule has 0 saturated heterocycles. The molecule has 4 nitrogen and oxygen atoms in total. The molecule has 0 saturated carbocycles. The summed E-state index contributed by atoms with van der Waals surface area (Å²) in [4.78, 5) is 16.0. The number of aromatic nitrogens is 1. The largest absolute Gasteiger partial charge is 0.393 e. The lowest BCUT2D eigenvalue weighted by atomic mass is 10.1. The van der Waals surface area contributed by atoms with Crippen molar-refractivity contribution in [3.05, 3.63) is 30.1 Å². The first-order chi connectivity index (χ1) is 8.15. The smallest absolute Gasteiger partial charge is 0.229 e. The second-order valence-corrected chi connectivity index (χ2v) is 4.24. The van der Waals surface area contributed by atoms with Crippen LogP contribution in [0.5, 0.6) is 0 Å². The van der Waals surface area contributed by atoms with Crippen molar-refractivity contribution in [2.75, 3.05) is 6.54 Å². The van der Waals surface area contributed by atoms with E-state index in [1.165, 1.54) is 0 Å². The normalized spacial score (nSPS) is 11.8. The minimum absolute atomic E-state index is 0.0936. The van der Waals surface area contributed by atoms with Gasteiger partial charge in [0.15, 0.2) is 0 Å². The fourth-order valence-corrected chi connectivity index (χ4v) is 1.79. The van der Waals surface area contributed by atoms with Crippen LogP contribution in [0.3, 0.4) is 0 Å². The predicted molar refractivity (Wildman–Crippen MR) is 71.5 cm³/mol. The van der Waals surface area contributed by atoms with E-state index in [9.17, 15) is 4.79 Å². The monoisotopic (exact) mass is 251 g/mol. The van der Waals surface area contributed by atoms with Crippen molar-refractivity contribution in [1.82, 2.24) is 10.3 Å². The fraction of sp³-hybridized carbons (Fsp3) is 0.417. The van der Waals surface area contributed by atoms with Crippen LogP contribution in [0.4, 0.5) is 0 Å². The lowest BCUT2D eigenvalue weighted by Crippen LogP contribution is -2.38. The Balaban J connectivity index is 2.36. The van der Waals surface area contributed by atoms with Crippen molar-refractivity contribution in [3.63, 3.8) is 0 Å². The number of rotatable bonds is 6. The number of amides is 1. The van der Waals surface area contributed by atoms with Crippen molar-refractivity contribution >= 4 is 23.1 Å². The molecule has 0 aliphatic rings. The molecule has 0 radical (unpaired) electrons. The molecule has 1 unspecified atom stereocenters. The van der Waals surface area contributed by atoms with Crippen LogP contribution < -0.4 is 11.1 Å². The Morgan fingerprint density at radius 3 is 2.94 bits per heavy atom. The van der Waals surface area contributed by atoms with Crippen LogP contribution in [0.1, 0.15) is 18.9 Å². The molecule has 92 valence electrons. The lowest BCUT2D eigenvalue weighted by molar-refractivity contribution is -0.123. The standard InChI is InChI=1S/C12H17N3OS/c1-2-10(11(13)17)12(16)15-7-5-9-4-3-6-14-8-9/h3-4,6,8,10H,2,5,7H2,1H3,(H2,13,17)(H,15,16). The minimum atomic E-state index is -0.362. The average Bonchev–Trinajstić information content (AvgIpc) is 2.30. The molecule has 5 heteroatoms. The van der Waals surface area contributed by atoms with E-state index in [4.69, 9.17) is 18.0 Å². The van der Waals surface area contributed by atoms with Crippen LogP contribution in [0, 0.1) is 5.92 Å². The summed E-state index contributed by atoms with van der Waals surface area (Å²) in [6.45, 7) is 2.47. The topological polar surface area (TPSA) is 68.0 Å². The summed E-state index contributed by atoms with van der Waals surface area (Å²) >= 11 is 4.84. The maximum atomic E-state index is 11.7. The molecule has 17 heavy (non-hydrogen) atoms. The quantitative estimate of drug-likeness (QED) is 0.742. The Labute approximate surface area is 107 Å². The minimum Gasteiger partial charge on any atom is -0.393 e. The van der Waals surface area contributed by atoms with Crippen LogP contribution in [0.25, 0.3) is 0 Å². The molecule has 1 rings (SSSR count). The molecule has 1 aromatic heterocycles. The summed E-state index contributed by atoms with van der Waals surface area (Å²) in [5.74, 6) is -0.456. The van der Waals surface area contributed by atoms with Gasteiger partial charge in [-0.05, 0) is 24.5 Å². The summed E-state index contributed by atoms with van der Waals surface area (Å²) in [7, 11) is 0. The van der Waals surface area contributed by atoms with Crippen LogP contribution in [0.15, 0.2) is 24.5 Å². The Morgan fingerprint density at radius 2 is 2.41 bits per heavy atom. The molecule has 0 bridgehead atoms. The van der Waals surface area contributed by atoms with Gasteiger partial charge in [0.25, 0.3) is 0 Å².